The Kier molecular flexibility index (Phi) is 6.87. The van der Waals surface area contributed by atoms with Gasteiger partial charge in [0.1, 0.15) is 21.4 Å². The number of hydrogen-bond acceptors (Lipinski definition) is 8. The van der Waals surface area contributed by atoms with Crippen molar-refractivity contribution >= 4 is 33.8 Å². The van der Waals surface area contributed by atoms with Gasteiger partial charge in [-0.1, -0.05) is 34.8 Å². The summed E-state index contributed by atoms with van der Waals surface area (Å²) in [7, 11) is 0. The van der Waals surface area contributed by atoms with Crippen molar-refractivity contribution in [2.45, 2.75) is 31.6 Å². The summed E-state index contributed by atoms with van der Waals surface area (Å²) in [5.41, 5.74) is -4.60. The number of allylic oxidation sites excluding steroid dienone is 2. The third-order valence-corrected chi connectivity index (χ3v) is 7.63. The van der Waals surface area contributed by atoms with Crippen molar-refractivity contribution in [2.75, 3.05) is 13.2 Å². The Labute approximate surface area is 226 Å². The molecule has 0 bridgehead atoms. The zero-order valence-corrected chi connectivity index (χ0v) is 21.9. The molecule has 14 heteroatoms. The number of alkyl halides is 6. The molecule has 6 nitrogen and oxygen atoms in total. The molecular weight excluding hydrogens is 566 g/mol. The fourth-order valence-corrected chi connectivity index (χ4v) is 5.86. The van der Waals surface area contributed by atoms with E-state index in [-0.39, 0.29) is 44.7 Å². The maximum Gasteiger partial charge on any atom is 0.380 e. The molecule has 0 saturated carbocycles. The monoisotopic (exact) mass is 584 g/mol. The maximum absolute atomic E-state index is 15.5. The third-order valence-electron chi connectivity index (χ3n) is 5.65. The first kappa shape index (κ1) is 27.1. The van der Waals surface area contributed by atoms with Gasteiger partial charge >= 0.3 is 17.8 Å². The van der Waals surface area contributed by atoms with Crippen LogP contribution in [0, 0.1) is 0 Å². The van der Waals surface area contributed by atoms with E-state index in [0.717, 1.165) is 22.7 Å². The smallest absolute Gasteiger partial charge is 0.380 e. The molecule has 0 saturated heterocycles. The molecule has 0 amide bonds. The highest BCUT2D eigenvalue weighted by Crippen LogP contribution is 2.66. The lowest BCUT2D eigenvalue weighted by Crippen LogP contribution is -2.49. The standard InChI is InChI=1S/C25H18F6N4O2S2/c1-3-36-21-17(34-19(38-21)13-9-5-7-11-32-13)15-16(24(28,29)25(30,31)23(15,26)27)18-22(37-4-2)39-20(35-18)14-10-6-8-12-33-14/h5-12H,3-4H2,1-2H3. The summed E-state index contributed by atoms with van der Waals surface area (Å²) in [5.74, 6) is -16.5. The van der Waals surface area contributed by atoms with Crippen LogP contribution in [0.5, 0.6) is 10.1 Å². The van der Waals surface area contributed by atoms with Gasteiger partial charge in [-0.25, -0.2) is 9.97 Å². The molecule has 204 valence electrons. The van der Waals surface area contributed by atoms with Crippen LogP contribution in [0.15, 0.2) is 48.8 Å². The van der Waals surface area contributed by atoms with E-state index in [9.17, 15) is 8.78 Å². The molecule has 0 fully saturated rings. The van der Waals surface area contributed by atoms with E-state index in [1.807, 2.05) is 0 Å². The van der Waals surface area contributed by atoms with Gasteiger partial charge in [-0.05, 0) is 38.1 Å². The van der Waals surface area contributed by atoms with Gasteiger partial charge in [0.2, 0.25) is 10.1 Å². The Balaban J connectivity index is 1.83. The predicted octanol–water partition coefficient (Wildman–Crippen LogP) is 7.35. The van der Waals surface area contributed by atoms with Gasteiger partial charge in [-0.2, -0.15) is 26.3 Å². The molecule has 0 radical (unpaired) electrons. The second kappa shape index (κ2) is 9.90. The molecule has 1 aliphatic carbocycles. The van der Waals surface area contributed by atoms with Gasteiger partial charge in [0.25, 0.3) is 0 Å². The van der Waals surface area contributed by atoms with E-state index in [2.05, 4.69) is 19.9 Å². The Morgan fingerprint density at radius 1 is 0.667 bits per heavy atom. The molecule has 0 aliphatic heterocycles. The van der Waals surface area contributed by atoms with E-state index in [1.165, 1.54) is 38.4 Å². The Bertz CT molecular complexity index is 1410. The van der Waals surface area contributed by atoms with Crippen molar-refractivity contribution in [1.29, 1.82) is 0 Å². The average molecular weight is 585 g/mol. The fraction of sp³-hybridized carbons (Fsp3) is 0.280. The molecule has 4 aromatic heterocycles. The molecular formula is C25H18F6N4O2S2. The normalized spacial score (nSPS) is 17.4. The van der Waals surface area contributed by atoms with Crippen molar-refractivity contribution < 1.29 is 35.8 Å². The molecule has 4 aromatic rings. The molecule has 0 atom stereocenters. The lowest BCUT2D eigenvalue weighted by Gasteiger charge is -2.25. The van der Waals surface area contributed by atoms with Crippen LogP contribution in [0.25, 0.3) is 32.5 Å². The Hall–Kier alpha value is -3.52. The topological polar surface area (TPSA) is 70.0 Å². The fourth-order valence-electron chi connectivity index (χ4n) is 3.94. The summed E-state index contributed by atoms with van der Waals surface area (Å²) < 4.78 is 103. The Morgan fingerprint density at radius 2 is 1.08 bits per heavy atom. The van der Waals surface area contributed by atoms with E-state index in [1.54, 1.807) is 24.3 Å². The second-order valence-corrected chi connectivity index (χ2v) is 10.0. The van der Waals surface area contributed by atoms with Crippen LogP contribution in [0.2, 0.25) is 0 Å². The molecule has 0 aromatic carbocycles. The number of ether oxygens (including phenoxy) is 2. The van der Waals surface area contributed by atoms with E-state index >= 15 is 17.6 Å². The van der Waals surface area contributed by atoms with E-state index in [4.69, 9.17) is 9.47 Å². The summed E-state index contributed by atoms with van der Waals surface area (Å²) in [4.78, 5) is 16.3. The van der Waals surface area contributed by atoms with Crippen molar-refractivity contribution in [3.63, 3.8) is 0 Å². The molecule has 4 heterocycles. The molecule has 39 heavy (non-hydrogen) atoms. The van der Waals surface area contributed by atoms with Gasteiger partial charge in [0, 0.05) is 12.4 Å². The summed E-state index contributed by atoms with van der Waals surface area (Å²) in [6.07, 6.45) is 2.83. The average Bonchev–Trinajstić information content (AvgIpc) is 3.54. The van der Waals surface area contributed by atoms with Gasteiger partial charge in [0.15, 0.2) is 0 Å². The Morgan fingerprint density at radius 3 is 1.41 bits per heavy atom. The molecule has 0 unspecified atom stereocenters. The first-order valence-corrected chi connectivity index (χ1v) is 13.2. The van der Waals surface area contributed by atoms with E-state index < -0.39 is 40.3 Å². The van der Waals surface area contributed by atoms with Crippen LogP contribution in [0.3, 0.4) is 0 Å². The number of rotatable bonds is 8. The minimum Gasteiger partial charge on any atom is -0.483 e. The zero-order chi connectivity index (χ0) is 28.0. The van der Waals surface area contributed by atoms with Crippen LogP contribution in [-0.4, -0.2) is 50.9 Å². The summed E-state index contributed by atoms with van der Waals surface area (Å²) in [6.45, 7) is 2.93. The SMILES string of the molecule is CCOc1sc(-c2ccccn2)nc1C1=C(c2nc(-c3ccccn3)sc2OCC)C(F)(F)C(F)(F)C1(F)F. The highest BCUT2D eigenvalue weighted by molar-refractivity contribution is 7.17. The zero-order valence-electron chi connectivity index (χ0n) is 20.2. The van der Waals surface area contributed by atoms with Crippen LogP contribution >= 0.6 is 22.7 Å². The molecule has 0 spiro atoms. The lowest BCUT2D eigenvalue weighted by atomic mass is 10.0. The van der Waals surface area contributed by atoms with Crippen LogP contribution in [-0.2, 0) is 0 Å². The number of hydrogen-bond donors (Lipinski definition) is 0. The third kappa shape index (κ3) is 4.25. The number of nitrogens with zero attached hydrogens (tertiary/aromatic N) is 4. The molecule has 1 aliphatic rings. The largest absolute Gasteiger partial charge is 0.483 e. The van der Waals surface area contributed by atoms with Crippen molar-refractivity contribution in [3.8, 4) is 31.5 Å². The quantitative estimate of drug-likeness (QED) is 0.202. The molecule has 0 N–H and O–H groups in total. The summed E-state index contributed by atoms with van der Waals surface area (Å²) in [5, 5.41) is -0.630. The van der Waals surface area contributed by atoms with Crippen LogP contribution in [0.4, 0.5) is 26.3 Å². The number of aromatic nitrogens is 4. The second-order valence-electron chi connectivity index (χ2n) is 8.08. The van der Waals surface area contributed by atoms with Crippen molar-refractivity contribution in [3.05, 3.63) is 60.2 Å². The minimum absolute atomic E-state index is 0.0210. The van der Waals surface area contributed by atoms with Crippen LogP contribution in [0.1, 0.15) is 25.2 Å². The lowest BCUT2D eigenvalue weighted by molar-refractivity contribution is -0.254. The van der Waals surface area contributed by atoms with Gasteiger partial charge in [-0.3, -0.25) is 9.97 Å². The summed E-state index contributed by atoms with van der Waals surface area (Å²) >= 11 is 1.45. The van der Waals surface area contributed by atoms with Crippen molar-refractivity contribution in [2.24, 2.45) is 0 Å². The number of thiazole rings is 2. The first-order valence-electron chi connectivity index (χ1n) is 11.5. The van der Waals surface area contributed by atoms with Gasteiger partial charge < -0.3 is 9.47 Å². The van der Waals surface area contributed by atoms with Crippen LogP contribution < -0.4 is 9.47 Å². The minimum atomic E-state index is -5.80. The van der Waals surface area contributed by atoms with Crippen molar-refractivity contribution in [1.82, 2.24) is 19.9 Å². The highest BCUT2D eigenvalue weighted by atomic mass is 32.1. The number of pyridine rings is 2. The number of halogens is 6. The molecule has 5 rings (SSSR count). The predicted molar refractivity (Wildman–Crippen MR) is 135 cm³/mol. The maximum atomic E-state index is 15.5. The first-order chi connectivity index (χ1) is 18.5. The highest BCUT2D eigenvalue weighted by Gasteiger charge is 2.81. The summed E-state index contributed by atoms with van der Waals surface area (Å²) in [6, 6.07) is 9.43. The van der Waals surface area contributed by atoms with Gasteiger partial charge in [0.05, 0.1) is 35.7 Å². The van der Waals surface area contributed by atoms with E-state index in [0.29, 0.717) is 0 Å². The van der Waals surface area contributed by atoms with Gasteiger partial charge in [-0.15, -0.1) is 0 Å².